The van der Waals surface area contributed by atoms with Crippen molar-refractivity contribution in [3.05, 3.63) is 18.0 Å². The van der Waals surface area contributed by atoms with Gasteiger partial charge in [0.1, 0.15) is 0 Å². The number of aromatic nitrogens is 2. The summed E-state index contributed by atoms with van der Waals surface area (Å²) in [6, 6.07) is 2.69. The lowest BCUT2D eigenvalue weighted by atomic mass is 9.73. The van der Waals surface area contributed by atoms with Crippen LogP contribution < -0.4 is 5.73 Å². The maximum atomic E-state index is 6.18. The van der Waals surface area contributed by atoms with Crippen molar-refractivity contribution in [2.45, 2.75) is 52.1 Å². The molecule has 1 aromatic rings. The van der Waals surface area contributed by atoms with Crippen LogP contribution in [0, 0.1) is 12.3 Å². The van der Waals surface area contributed by atoms with Gasteiger partial charge in [0.05, 0.1) is 11.7 Å². The average Bonchev–Trinajstić information content (AvgIpc) is 2.56. The van der Waals surface area contributed by atoms with E-state index in [-0.39, 0.29) is 6.04 Å². The Hall–Kier alpha value is -0.830. The Morgan fingerprint density at radius 3 is 2.87 bits per heavy atom. The second-order valence-corrected chi connectivity index (χ2v) is 5.58. The minimum atomic E-state index is 0.261. The lowest BCUT2D eigenvalue weighted by Crippen LogP contribution is -2.40. The zero-order chi connectivity index (χ0) is 11.1. The summed E-state index contributed by atoms with van der Waals surface area (Å²) in [4.78, 5) is 0. The van der Waals surface area contributed by atoms with Gasteiger partial charge in [-0.3, -0.25) is 4.68 Å². The first-order valence-electron chi connectivity index (χ1n) is 5.75. The predicted molar refractivity (Wildman–Crippen MR) is 61.6 cm³/mol. The Balaban J connectivity index is 2.19. The lowest BCUT2D eigenvalue weighted by molar-refractivity contribution is 0.152. The third kappa shape index (κ3) is 2.23. The highest BCUT2D eigenvalue weighted by Crippen LogP contribution is 2.40. The molecule has 15 heavy (non-hydrogen) atoms. The van der Waals surface area contributed by atoms with E-state index in [2.05, 4.69) is 29.8 Å². The van der Waals surface area contributed by atoms with Crippen LogP contribution in [0.3, 0.4) is 0 Å². The molecule has 1 heterocycles. The molecule has 1 aromatic heterocycles. The smallest absolute Gasteiger partial charge is 0.0675 e. The number of rotatable bonds is 1. The van der Waals surface area contributed by atoms with E-state index >= 15 is 0 Å². The van der Waals surface area contributed by atoms with Crippen LogP contribution in [0.5, 0.6) is 0 Å². The monoisotopic (exact) mass is 207 g/mol. The molecule has 2 atom stereocenters. The van der Waals surface area contributed by atoms with Gasteiger partial charge in [-0.2, -0.15) is 5.10 Å². The van der Waals surface area contributed by atoms with E-state index < -0.39 is 0 Å². The number of hydrogen-bond donors (Lipinski definition) is 1. The molecule has 0 radical (unpaired) electrons. The first-order chi connectivity index (χ1) is 6.98. The van der Waals surface area contributed by atoms with Gasteiger partial charge in [-0.15, -0.1) is 0 Å². The summed E-state index contributed by atoms with van der Waals surface area (Å²) < 4.78 is 2.06. The molecule has 2 N–H and O–H groups in total. The molecule has 0 bridgehead atoms. The van der Waals surface area contributed by atoms with Gasteiger partial charge >= 0.3 is 0 Å². The van der Waals surface area contributed by atoms with Crippen LogP contribution in [0.25, 0.3) is 0 Å². The molecule has 1 fully saturated rings. The largest absolute Gasteiger partial charge is 0.326 e. The van der Waals surface area contributed by atoms with Crippen molar-refractivity contribution in [2.24, 2.45) is 11.1 Å². The first-order valence-corrected chi connectivity index (χ1v) is 5.75. The van der Waals surface area contributed by atoms with Crippen LogP contribution >= 0.6 is 0 Å². The maximum absolute atomic E-state index is 6.18. The molecule has 0 spiro atoms. The summed E-state index contributed by atoms with van der Waals surface area (Å²) in [7, 11) is 0. The molecule has 0 amide bonds. The fraction of sp³-hybridized carbons (Fsp3) is 0.750. The molecule has 84 valence electrons. The van der Waals surface area contributed by atoms with Gasteiger partial charge in [-0.25, -0.2) is 0 Å². The molecule has 2 unspecified atom stereocenters. The standard InChI is InChI=1S/C12H21N3/c1-9-5-7-15(14-9)11-8-12(2,3)6-4-10(11)13/h5,7,10-11H,4,6,8,13H2,1-3H3. The lowest BCUT2D eigenvalue weighted by Gasteiger charge is -2.39. The molecular weight excluding hydrogens is 186 g/mol. The summed E-state index contributed by atoms with van der Waals surface area (Å²) in [6.07, 6.45) is 5.53. The molecule has 0 saturated heterocycles. The zero-order valence-corrected chi connectivity index (χ0v) is 9.90. The minimum Gasteiger partial charge on any atom is -0.326 e. The Morgan fingerprint density at radius 1 is 1.53 bits per heavy atom. The molecule has 0 aromatic carbocycles. The van der Waals surface area contributed by atoms with Crippen molar-refractivity contribution < 1.29 is 0 Å². The molecule has 0 aliphatic heterocycles. The van der Waals surface area contributed by atoms with E-state index in [1.54, 1.807) is 0 Å². The average molecular weight is 207 g/mol. The van der Waals surface area contributed by atoms with Crippen LogP contribution in [0.15, 0.2) is 12.3 Å². The fourth-order valence-corrected chi connectivity index (χ4v) is 2.48. The van der Waals surface area contributed by atoms with E-state index in [0.29, 0.717) is 11.5 Å². The van der Waals surface area contributed by atoms with E-state index in [9.17, 15) is 0 Å². The third-order valence-electron chi connectivity index (χ3n) is 3.49. The van der Waals surface area contributed by atoms with E-state index in [1.165, 1.54) is 6.42 Å². The second kappa shape index (κ2) is 3.63. The molecule has 3 heteroatoms. The minimum absolute atomic E-state index is 0.261. The van der Waals surface area contributed by atoms with Crippen molar-refractivity contribution >= 4 is 0 Å². The van der Waals surface area contributed by atoms with Crippen LogP contribution in [0.2, 0.25) is 0 Å². The second-order valence-electron chi connectivity index (χ2n) is 5.58. The van der Waals surface area contributed by atoms with Crippen LogP contribution in [0.1, 0.15) is 44.8 Å². The highest BCUT2D eigenvalue weighted by molar-refractivity contribution is 4.99. The maximum Gasteiger partial charge on any atom is 0.0675 e. The fourth-order valence-electron chi connectivity index (χ4n) is 2.48. The molecule has 1 aliphatic rings. The van der Waals surface area contributed by atoms with Crippen molar-refractivity contribution in [1.82, 2.24) is 9.78 Å². The van der Waals surface area contributed by atoms with Crippen molar-refractivity contribution in [3.63, 3.8) is 0 Å². The van der Waals surface area contributed by atoms with Crippen molar-refractivity contribution in [2.75, 3.05) is 0 Å². The molecule has 1 aliphatic carbocycles. The number of aryl methyl sites for hydroxylation is 1. The number of hydrogen-bond acceptors (Lipinski definition) is 2. The van der Waals surface area contributed by atoms with Crippen LogP contribution in [-0.4, -0.2) is 15.8 Å². The summed E-state index contributed by atoms with van der Waals surface area (Å²) >= 11 is 0. The predicted octanol–water partition coefficient (Wildman–Crippen LogP) is 2.27. The van der Waals surface area contributed by atoms with Gasteiger partial charge in [0.15, 0.2) is 0 Å². The normalized spacial score (nSPS) is 30.4. The number of nitrogens with two attached hydrogens (primary N) is 1. The van der Waals surface area contributed by atoms with Gasteiger partial charge in [0, 0.05) is 12.2 Å². The zero-order valence-electron chi connectivity index (χ0n) is 9.90. The summed E-state index contributed by atoms with van der Waals surface area (Å²) in [5, 5.41) is 4.49. The van der Waals surface area contributed by atoms with Crippen LogP contribution in [0.4, 0.5) is 0 Å². The Bertz CT molecular complexity index is 340. The van der Waals surface area contributed by atoms with Crippen molar-refractivity contribution in [1.29, 1.82) is 0 Å². The third-order valence-corrected chi connectivity index (χ3v) is 3.49. The van der Waals surface area contributed by atoms with E-state index in [4.69, 9.17) is 5.73 Å². The van der Waals surface area contributed by atoms with Gasteiger partial charge in [0.2, 0.25) is 0 Å². The van der Waals surface area contributed by atoms with Gasteiger partial charge < -0.3 is 5.73 Å². The highest BCUT2D eigenvalue weighted by Gasteiger charge is 2.34. The number of nitrogens with zero attached hydrogens (tertiary/aromatic N) is 2. The van der Waals surface area contributed by atoms with Gasteiger partial charge in [-0.05, 0) is 37.7 Å². The Kier molecular flexibility index (Phi) is 2.59. The first kappa shape index (κ1) is 10.7. The van der Waals surface area contributed by atoms with Gasteiger partial charge in [0.25, 0.3) is 0 Å². The van der Waals surface area contributed by atoms with E-state index in [1.807, 2.05) is 13.0 Å². The Morgan fingerprint density at radius 2 is 2.27 bits per heavy atom. The summed E-state index contributed by atoms with van der Waals surface area (Å²) in [5.74, 6) is 0. The molecular formula is C12H21N3. The van der Waals surface area contributed by atoms with E-state index in [0.717, 1.165) is 18.5 Å². The SMILES string of the molecule is Cc1ccn(C2CC(C)(C)CCC2N)n1. The van der Waals surface area contributed by atoms with Gasteiger partial charge in [-0.1, -0.05) is 13.8 Å². The van der Waals surface area contributed by atoms with Crippen molar-refractivity contribution in [3.8, 4) is 0 Å². The molecule has 3 nitrogen and oxygen atoms in total. The van der Waals surface area contributed by atoms with Crippen LogP contribution in [-0.2, 0) is 0 Å². The Labute approximate surface area is 91.7 Å². The topological polar surface area (TPSA) is 43.8 Å². The summed E-state index contributed by atoms with van der Waals surface area (Å²) in [6.45, 7) is 6.67. The quantitative estimate of drug-likeness (QED) is 0.767. The molecule has 1 saturated carbocycles. The molecule has 2 rings (SSSR count). The highest BCUT2D eigenvalue weighted by atomic mass is 15.3. The summed E-state index contributed by atoms with van der Waals surface area (Å²) in [5.41, 5.74) is 7.66.